The number of nitrogens with two attached hydrogens (primary N) is 1. The van der Waals surface area contributed by atoms with Crippen LogP contribution in [0.5, 0.6) is 0 Å². The quantitative estimate of drug-likeness (QED) is 0.627. The second-order valence-electron chi connectivity index (χ2n) is 3.12. The summed E-state index contributed by atoms with van der Waals surface area (Å²) in [5, 5.41) is 0. The van der Waals surface area contributed by atoms with Gasteiger partial charge in [-0.15, -0.1) is 0 Å². The van der Waals surface area contributed by atoms with Crippen LogP contribution in [0.1, 0.15) is 19.4 Å². The molecule has 1 aromatic carbocycles. The minimum atomic E-state index is 0.235. The van der Waals surface area contributed by atoms with Crippen LogP contribution in [0.25, 0.3) is 0 Å². The predicted octanol–water partition coefficient (Wildman–Crippen LogP) is 2.56. The van der Waals surface area contributed by atoms with Gasteiger partial charge in [0.2, 0.25) is 0 Å². The van der Waals surface area contributed by atoms with Gasteiger partial charge in [-0.3, -0.25) is 4.99 Å². The van der Waals surface area contributed by atoms with E-state index in [1.165, 1.54) is 0 Å². The van der Waals surface area contributed by atoms with Gasteiger partial charge in [-0.05, 0) is 26.0 Å². The lowest BCUT2D eigenvalue weighted by molar-refractivity contribution is 0.834. The fraction of sp³-hybridized carbons (Fsp3) is 0.300. The summed E-state index contributed by atoms with van der Waals surface area (Å²) in [7, 11) is 0. The fourth-order valence-electron chi connectivity index (χ4n) is 1.00. The van der Waals surface area contributed by atoms with Crippen molar-refractivity contribution in [3.05, 3.63) is 34.3 Å². The van der Waals surface area contributed by atoms with Crippen molar-refractivity contribution in [2.45, 2.75) is 19.9 Å². The Morgan fingerprint density at radius 2 is 2.15 bits per heavy atom. The van der Waals surface area contributed by atoms with Crippen molar-refractivity contribution >= 4 is 21.8 Å². The fourth-order valence-corrected chi connectivity index (χ4v) is 1.40. The van der Waals surface area contributed by atoms with E-state index >= 15 is 0 Å². The SMILES string of the molecule is CC(C)N=C(N)c1cccc(Br)c1. The van der Waals surface area contributed by atoms with Crippen LogP contribution >= 0.6 is 15.9 Å². The normalized spacial score (nSPS) is 12.2. The molecule has 1 rings (SSSR count). The molecule has 13 heavy (non-hydrogen) atoms. The zero-order chi connectivity index (χ0) is 9.84. The zero-order valence-electron chi connectivity index (χ0n) is 7.79. The van der Waals surface area contributed by atoms with E-state index in [1.807, 2.05) is 38.1 Å². The minimum absolute atomic E-state index is 0.235. The molecule has 0 aliphatic carbocycles. The molecule has 3 heteroatoms. The van der Waals surface area contributed by atoms with Crippen LogP contribution in [0.2, 0.25) is 0 Å². The van der Waals surface area contributed by atoms with Gasteiger partial charge in [0.15, 0.2) is 0 Å². The number of benzene rings is 1. The maximum atomic E-state index is 5.79. The van der Waals surface area contributed by atoms with E-state index in [0.29, 0.717) is 5.84 Å². The van der Waals surface area contributed by atoms with Crippen LogP contribution in [-0.4, -0.2) is 11.9 Å². The van der Waals surface area contributed by atoms with E-state index < -0.39 is 0 Å². The Bertz CT molecular complexity index is 318. The maximum Gasteiger partial charge on any atom is 0.125 e. The molecule has 0 amide bonds. The number of aliphatic imine (C=N–C) groups is 1. The summed E-state index contributed by atoms with van der Waals surface area (Å²) in [4.78, 5) is 4.26. The average molecular weight is 241 g/mol. The summed E-state index contributed by atoms with van der Waals surface area (Å²) in [6.45, 7) is 4.01. The second-order valence-corrected chi connectivity index (χ2v) is 4.03. The van der Waals surface area contributed by atoms with Crippen molar-refractivity contribution in [1.82, 2.24) is 0 Å². The van der Waals surface area contributed by atoms with Crippen LogP contribution < -0.4 is 5.73 Å². The Morgan fingerprint density at radius 1 is 1.46 bits per heavy atom. The van der Waals surface area contributed by atoms with Crippen molar-refractivity contribution < 1.29 is 0 Å². The van der Waals surface area contributed by atoms with Gasteiger partial charge >= 0.3 is 0 Å². The lowest BCUT2D eigenvalue weighted by atomic mass is 10.2. The lowest BCUT2D eigenvalue weighted by Crippen LogP contribution is -2.15. The first-order valence-electron chi connectivity index (χ1n) is 4.19. The molecule has 0 aromatic heterocycles. The monoisotopic (exact) mass is 240 g/mol. The highest BCUT2D eigenvalue weighted by molar-refractivity contribution is 9.10. The highest BCUT2D eigenvalue weighted by Crippen LogP contribution is 2.11. The number of amidine groups is 1. The van der Waals surface area contributed by atoms with Crippen molar-refractivity contribution in [2.75, 3.05) is 0 Å². The van der Waals surface area contributed by atoms with E-state index in [0.717, 1.165) is 10.0 Å². The van der Waals surface area contributed by atoms with Gasteiger partial charge in [-0.25, -0.2) is 0 Å². The van der Waals surface area contributed by atoms with E-state index in [4.69, 9.17) is 5.73 Å². The molecule has 0 aliphatic rings. The lowest BCUT2D eigenvalue weighted by Gasteiger charge is -2.03. The first-order chi connectivity index (χ1) is 6.09. The smallest absolute Gasteiger partial charge is 0.125 e. The topological polar surface area (TPSA) is 38.4 Å². The number of nitrogens with zero attached hydrogens (tertiary/aromatic N) is 1. The molecule has 0 saturated carbocycles. The summed E-state index contributed by atoms with van der Waals surface area (Å²) >= 11 is 3.39. The minimum Gasteiger partial charge on any atom is -0.383 e. The third-order valence-electron chi connectivity index (χ3n) is 1.52. The Morgan fingerprint density at radius 3 is 2.69 bits per heavy atom. The highest BCUT2D eigenvalue weighted by atomic mass is 79.9. The van der Waals surface area contributed by atoms with E-state index in [1.54, 1.807) is 0 Å². The second kappa shape index (κ2) is 4.42. The summed E-state index contributed by atoms with van der Waals surface area (Å²) in [5.74, 6) is 0.594. The van der Waals surface area contributed by atoms with E-state index in [2.05, 4.69) is 20.9 Å². The molecule has 1 aromatic rings. The summed E-state index contributed by atoms with van der Waals surface area (Å²) in [5.41, 5.74) is 6.76. The average Bonchev–Trinajstić information content (AvgIpc) is 2.03. The molecule has 70 valence electrons. The van der Waals surface area contributed by atoms with Gasteiger partial charge < -0.3 is 5.73 Å². The van der Waals surface area contributed by atoms with Crippen molar-refractivity contribution in [2.24, 2.45) is 10.7 Å². The molecule has 2 N–H and O–H groups in total. The largest absolute Gasteiger partial charge is 0.383 e. The Labute approximate surface area is 87.0 Å². The van der Waals surface area contributed by atoms with E-state index in [-0.39, 0.29) is 6.04 Å². The molecule has 0 aliphatic heterocycles. The van der Waals surface area contributed by atoms with Crippen LogP contribution in [0.3, 0.4) is 0 Å². The van der Waals surface area contributed by atoms with Gasteiger partial charge in [-0.2, -0.15) is 0 Å². The van der Waals surface area contributed by atoms with Crippen LogP contribution in [-0.2, 0) is 0 Å². The molecule has 0 saturated heterocycles. The molecule has 0 unspecified atom stereocenters. The van der Waals surface area contributed by atoms with Gasteiger partial charge in [0, 0.05) is 16.1 Å². The Balaban J connectivity index is 2.95. The molecule has 0 bridgehead atoms. The van der Waals surface area contributed by atoms with Gasteiger partial charge in [0.25, 0.3) is 0 Å². The molecule has 0 radical (unpaired) electrons. The van der Waals surface area contributed by atoms with Gasteiger partial charge in [0.1, 0.15) is 5.84 Å². The van der Waals surface area contributed by atoms with Crippen LogP contribution in [0.15, 0.2) is 33.7 Å². The number of hydrogen-bond acceptors (Lipinski definition) is 1. The molecule has 0 atom stereocenters. The molecule has 0 spiro atoms. The molecular weight excluding hydrogens is 228 g/mol. The van der Waals surface area contributed by atoms with Gasteiger partial charge in [-0.1, -0.05) is 28.1 Å². The summed E-state index contributed by atoms with van der Waals surface area (Å²) < 4.78 is 1.02. The van der Waals surface area contributed by atoms with Gasteiger partial charge in [0.05, 0.1) is 0 Å². The summed E-state index contributed by atoms with van der Waals surface area (Å²) in [6.07, 6.45) is 0. The van der Waals surface area contributed by atoms with Crippen molar-refractivity contribution in [1.29, 1.82) is 0 Å². The van der Waals surface area contributed by atoms with Crippen molar-refractivity contribution in [3.63, 3.8) is 0 Å². The van der Waals surface area contributed by atoms with Crippen molar-refractivity contribution in [3.8, 4) is 0 Å². The number of halogens is 1. The standard InChI is InChI=1S/C10H13BrN2/c1-7(2)13-10(12)8-4-3-5-9(11)6-8/h3-7H,1-2H3,(H2,12,13). The maximum absolute atomic E-state index is 5.79. The number of hydrogen-bond donors (Lipinski definition) is 1. The molecule has 0 heterocycles. The van der Waals surface area contributed by atoms with Crippen LogP contribution in [0.4, 0.5) is 0 Å². The first kappa shape index (κ1) is 10.3. The highest BCUT2D eigenvalue weighted by Gasteiger charge is 1.99. The molecular formula is C10H13BrN2. The predicted molar refractivity (Wildman–Crippen MR) is 60.0 cm³/mol. The summed E-state index contributed by atoms with van der Waals surface area (Å²) in [6, 6.07) is 8.06. The third-order valence-corrected chi connectivity index (χ3v) is 2.01. The molecule has 2 nitrogen and oxygen atoms in total. The van der Waals surface area contributed by atoms with E-state index in [9.17, 15) is 0 Å². The third kappa shape index (κ3) is 3.19. The Kier molecular flexibility index (Phi) is 3.48. The Hall–Kier alpha value is -0.830. The number of rotatable bonds is 2. The zero-order valence-corrected chi connectivity index (χ0v) is 9.38. The van der Waals surface area contributed by atoms with Crippen LogP contribution in [0, 0.1) is 0 Å². The molecule has 0 fully saturated rings. The first-order valence-corrected chi connectivity index (χ1v) is 4.98.